The number of carbonyl (C=O) groups is 2. The van der Waals surface area contributed by atoms with Gasteiger partial charge < -0.3 is 19.7 Å². The molecule has 1 N–H and O–H groups in total. The van der Waals surface area contributed by atoms with E-state index in [1.165, 1.54) is 4.90 Å². The fourth-order valence-corrected chi connectivity index (χ4v) is 4.28. The highest BCUT2D eigenvalue weighted by Gasteiger charge is 2.33. The molecule has 196 valence electrons. The van der Waals surface area contributed by atoms with Gasteiger partial charge in [-0.05, 0) is 62.7 Å². The van der Waals surface area contributed by atoms with Crippen molar-refractivity contribution in [3.63, 3.8) is 0 Å². The summed E-state index contributed by atoms with van der Waals surface area (Å²) in [5.74, 6) is 0.521. The van der Waals surface area contributed by atoms with Gasteiger partial charge in [-0.2, -0.15) is 0 Å². The van der Waals surface area contributed by atoms with Crippen molar-refractivity contribution < 1.29 is 19.1 Å². The third kappa shape index (κ3) is 8.41. The average Bonchev–Trinajstić information content (AvgIpc) is 2.86. The molecule has 3 aromatic rings. The van der Waals surface area contributed by atoms with Crippen molar-refractivity contribution in [2.45, 2.75) is 45.3 Å². The fraction of sp³-hybridized carbons (Fsp3) is 0.310. The first kappa shape index (κ1) is 28.4. The summed E-state index contributed by atoms with van der Waals surface area (Å²) < 4.78 is 11.0. The Balaban J connectivity index is 1.96. The first-order chi connectivity index (χ1) is 17.6. The van der Waals surface area contributed by atoms with Crippen LogP contribution in [0.1, 0.15) is 31.9 Å². The predicted molar refractivity (Wildman–Crippen MR) is 147 cm³/mol. The molecular weight excluding hydrogens is 511 g/mol. The van der Waals surface area contributed by atoms with Gasteiger partial charge in [0.15, 0.2) is 6.61 Å². The molecule has 0 aliphatic rings. The van der Waals surface area contributed by atoms with Crippen LogP contribution in [0.25, 0.3) is 0 Å². The molecule has 3 rings (SSSR count). The van der Waals surface area contributed by atoms with Gasteiger partial charge in [-0.1, -0.05) is 59.6 Å². The summed E-state index contributed by atoms with van der Waals surface area (Å²) in [7, 11) is 1.58. The zero-order chi connectivity index (χ0) is 27.0. The monoisotopic (exact) mass is 542 g/mol. The highest BCUT2D eigenvalue weighted by molar-refractivity contribution is 6.36. The summed E-state index contributed by atoms with van der Waals surface area (Å²) in [5, 5.41) is 3.85. The third-order valence-corrected chi connectivity index (χ3v) is 6.29. The molecule has 0 fully saturated rings. The van der Waals surface area contributed by atoms with Gasteiger partial charge >= 0.3 is 0 Å². The molecule has 8 heteroatoms. The van der Waals surface area contributed by atoms with Crippen molar-refractivity contribution in [3.8, 4) is 11.5 Å². The van der Waals surface area contributed by atoms with Crippen LogP contribution in [0.15, 0.2) is 72.8 Å². The molecule has 0 aromatic heterocycles. The first-order valence-corrected chi connectivity index (χ1v) is 12.7. The van der Waals surface area contributed by atoms with Crippen LogP contribution in [0.2, 0.25) is 10.0 Å². The standard InChI is InChI=1S/C29H32Cl2N2O4/c1-29(2,3)32-28(35)26(17-20-9-6-5-7-10-20)33(18-23-24(30)11-8-12-25(23)31)27(34)19-37-22-15-13-21(36-4)14-16-22/h5-16,26H,17-19H2,1-4H3,(H,32,35)/t26-/m1/s1. The molecule has 0 aliphatic carbocycles. The Labute approximate surface area is 228 Å². The van der Waals surface area contributed by atoms with E-state index in [-0.39, 0.29) is 25.0 Å². The molecule has 2 amide bonds. The number of rotatable bonds is 10. The molecule has 0 aliphatic heterocycles. The van der Waals surface area contributed by atoms with Crippen molar-refractivity contribution in [1.82, 2.24) is 10.2 Å². The van der Waals surface area contributed by atoms with Gasteiger partial charge in [0, 0.05) is 34.1 Å². The second kappa shape index (κ2) is 12.8. The van der Waals surface area contributed by atoms with Crippen LogP contribution in [0.4, 0.5) is 0 Å². The molecule has 0 bridgehead atoms. The number of halogens is 2. The molecule has 0 radical (unpaired) electrons. The number of nitrogens with one attached hydrogen (secondary N) is 1. The maximum Gasteiger partial charge on any atom is 0.261 e. The van der Waals surface area contributed by atoms with Crippen LogP contribution in [-0.2, 0) is 22.6 Å². The Hall–Kier alpha value is -3.22. The zero-order valence-electron chi connectivity index (χ0n) is 21.5. The molecule has 1 atom stereocenters. The first-order valence-electron chi connectivity index (χ1n) is 11.9. The smallest absolute Gasteiger partial charge is 0.261 e. The Morgan fingerprint density at radius 3 is 2.05 bits per heavy atom. The Bertz CT molecular complexity index is 1170. The van der Waals surface area contributed by atoms with Crippen molar-refractivity contribution in [2.75, 3.05) is 13.7 Å². The number of hydrogen-bond donors (Lipinski definition) is 1. The lowest BCUT2D eigenvalue weighted by Gasteiger charge is -2.34. The Morgan fingerprint density at radius 1 is 0.892 bits per heavy atom. The molecule has 6 nitrogen and oxygen atoms in total. The maximum atomic E-state index is 13.7. The lowest BCUT2D eigenvalue weighted by molar-refractivity contribution is -0.143. The van der Waals surface area contributed by atoms with Crippen LogP contribution in [0.3, 0.4) is 0 Å². The van der Waals surface area contributed by atoms with Crippen LogP contribution in [-0.4, -0.2) is 42.0 Å². The lowest BCUT2D eigenvalue weighted by atomic mass is 10.0. The summed E-state index contributed by atoms with van der Waals surface area (Å²) in [6.45, 7) is 5.46. The SMILES string of the molecule is COc1ccc(OCC(=O)N(Cc2c(Cl)cccc2Cl)[C@H](Cc2ccccc2)C(=O)NC(C)(C)C)cc1. The van der Waals surface area contributed by atoms with E-state index in [9.17, 15) is 9.59 Å². The summed E-state index contributed by atoms with van der Waals surface area (Å²) >= 11 is 12.9. The molecule has 0 spiro atoms. The molecule has 3 aromatic carbocycles. The van der Waals surface area contributed by atoms with E-state index in [1.807, 2.05) is 51.1 Å². The second-order valence-corrected chi connectivity index (χ2v) is 10.4. The summed E-state index contributed by atoms with van der Waals surface area (Å²) in [6, 6.07) is 20.8. The number of methoxy groups -OCH3 is 1. The highest BCUT2D eigenvalue weighted by Crippen LogP contribution is 2.27. The Morgan fingerprint density at radius 2 is 1.49 bits per heavy atom. The van der Waals surface area contributed by atoms with E-state index in [1.54, 1.807) is 49.6 Å². The molecule has 0 saturated carbocycles. The van der Waals surface area contributed by atoms with Gasteiger partial charge in [-0.25, -0.2) is 0 Å². The third-order valence-electron chi connectivity index (χ3n) is 5.58. The minimum Gasteiger partial charge on any atom is -0.497 e. The average molecular weight is 543 g/mol. The van der Waals surface area contributed by atoms with E-state index in [0.717, 1.165) is 5.56 Å². The highest BCUT2D eigenvalue weighted by atomic mass is 35.5. The van der Waals surface area contributed by atoms with Crippen LogP contribution >= 0.6 is 23.2 Å². The topological polar surface area (TPSA) is 67.9 Å². The maximum absolute atomic E-state index is 13.7. The van der Waals surface area contributed by atoms with Crippen LogP contribution in [0.5, 0.6) is 11.5 Å². The Kier molecular flexibility index (Phi) is 9.84. The van der Waals surface area contributed by atoms with Crippen molar-refractivity contribution in [3.05, 3.63) is 94.0 Å². The van der Waals surface area contributed by atoms with E-state index >= 15 is 0 Å². The van der Waals surface area contributed by atoms with Gasteiger partial charge in [0.1, 0.15) is 17.5 Å². The minimum atomic E-state index is -0.832. The summed E-state index contributed by atoms with van der Waals surface area (Å²) in [4.78, 5) is 28.8. The van der Waals surface area contributed by atoms with Gasteiger partial charge in [0.2, 0.25) is 5.91 Å². The summed E-state index contributed by atoms with van der Waals surface area (Å²) in [6.07, 6.45) is 0.305. The fourth-order valence-electron chi connectivity index (χ4n) is 3.76. The van der Waals surface area contributed by atoms with Gasteiger partial charge in [0.25, 0.3) is 5.91 Å². The molecule has 0 heterocycles. The van der Waals surface area contributed by atoms with Crippen LogP contribution < -0.4 is 14.8 Å². The number of benzene rings is 3. The minimum absolute atomic E-state index is 0.0401. The predicted octanol–water partition coefficient (Wildman–Crippen LogP) is 5.94. The summed E-state index contributed by atoms with van der Waals surface area (Å²) in [5.41, 5.74) is 0.975. The van der Waals surface area contributed by atoms with Gasteiger partial charge in [-0.15, -0.1) is 0 Å². The number of hydrogen-bond acceptors (Lipinski definition) is 4. The molecule has 0 saturated heterocycles. The number of nitrogens with zero attached hydrogens (tertiary/aromatic N) is 1. The van der Waals surface area contributed by atoms with Crippen molar-refractivity contribution in [2.24, 2.45) is 0 Å². The number of ether oxygens (including phenoxy) is 2. The van der Waals surface area contributed by atoms with E-state index in [0.29, 0.717) is 33.5 Å². The second-order valence-electron chi connectivity index (χ2n) is 9.63. The quantitative estimate of drug-likeness (QED) is 0.344. The van der Waals surface area contributed by atoms with Gasteiger partial charge in [-0.3, -0.25) is 9.59 Å². The van der Waals surface area contributed by atoms with Crippen molar-refractivity contribution in [1.29, 1.82) is 0 Å². The lowest BCUT2D eigenvalue weighted by Crippen LogP contribution is -2.55. The van der Waals surface area contributed by atoms with Gasteiger partial charge in [0.05, 0.1) is 7.11 Å². The zero-order valence-corrected chi connectivity index (χ0v) is 23.0. The van der Waals surface area contributed by atoms with Crippen molar-refractivity contribution >= 4 is 35.0 Å². The molecular formula is C29H32Cl2N2O4. The van der Waals surface area contributed by atoms with Crippen LogP contribution in [0, 0.1) is 0 Å². The molecule has 0 unspecified atom stereocenters. The number of amides is 2. The normalized spacial score (nSPS) is 11.9. The number of carbonyl (C=O) groups excluding carboxylic acids is 2. The largest absolute Gasteiger partial charge is 0.497 e. The van der Waals surface area contributed by atoms with E-state index in [4.69, 9.17) is 32.7 Å². The van der Waals surface area contributed by atoms with E-state index in [2.05, 4.69) is 5.32 Å². The van der Waals surface area contributed by atoms with E-state index < -0.39 is 11.6 Å². The molecule has 37 heavy (non-hydrogen) atoms.